The van der Waals surface area contributed by atoms with E-state index < -0.39 is 11.7 Å². The zero-order valence-electron chi connectivity index (χ0n) is 9.95. The molecule has 1 atom stereocenters. The number of hydrogen-bond acceptors (Lipinski definition) is 2. The summed E-state index contributed by atoms with van der Waals surface area (Å²) in [4.78, 5) is 2.11. The highest BCUT2D eigenvalue weighted by atomic mass is 19.4. The van der Waals surface area contributed by atoms with Crippen LogP contribution in [-0.4, -0.2) is 29.2 Å². The molecule has 0 amide bonds. The van der Waals surface area contributed by atoms with Gasteiger partial charge in [0.2, 0.25) is 0 Å². The van der Waals surface area contributed by atoms with Crippen LogP contribution in [-0.2, 0) is 12.7 Å². The van der Waals surface area contributed by atoms with Crippen LogP contribution in [0.3, 0.4) is 0 Å². The minimum atomic E-state index is -4.28. The van der Waals surface area contributed by atoms with Gasteiger partial charge in [-0.15, -0.1) is 0 Å². The lowest BCUT2D eigenvalue weighted by Crippen LogP contribution is -2.31. The van der Waals surface area contributed by atoms with Gasteiger partial charge < -0.3 is 5.11 Å². The molecule has 1 heterocycles. The standard InChI is InChI=1S/C13H16F3NO/c14-13(15,16)11-5-3-10(4-6-11)8-17-7-1-2-12(17)9-18/h3-6,12,18H,1-2,7-9H2. The van der Waals surface area contributed by atoms with Crippen LogP contribution in [0, 0.1) is 0 Å². The molecule has 100 valence electrons. The first-order valence-electron chi connectivity index (χ1n) is 6.02. The van der Waals surface area contributed by atoms with E-state index in [1.165, 1.54) is 12.1 Å². The molecule has 0 bridgehead atoms. The van der Waals surface area contributed by atoms with Crippen LogP contribution in [0.4, 0.5) is 13.2 Å². The third-order valence-corrected chi connectivity index (χ3v) is 3.38. The van der Waals surface area contributed by atoms with Crippen LogP contribution in [0.5, 0.6) is 0 Å². The molecule has 5 heteroatoms. The van der Waals surface area contributed by atoms with E-state index in [2.05, 4.69) is 4.90 Å². The van der Waals surface area contributed by atoms with Gasteiger partial charge >= 0.3 is 6.18 Å². The molecule has 0 saturated carbocycles. The summed E-state index contributed by atoms with van der Waals surface area (Å²) in [7, 11) is 0. The lowest BCUT2D eigenvalue weighted by atomic mass is 10.1. The second kappa shape index (κ2) is 5.28. The van der Waals surface area contributed by atoms with Crippen LogP contribution >= 0.6 is 0 Å². The SMILES string of the molecule is OCC1CCCN1Cc1ccc(C(F)(F)F)cc1. The first kappa shape index (κ1) is 13.4. The van der Waals surface area contributed by atoms with Gasteiger partial charge in [-0.1, -0.05) is 12.1 Å². The average molecular weight is 259 g/mol. The summed E-state index contributed by atoms with van der Waals surface area (Å²) in [6.07, 6.45) is -2.29. The molecule has 1 fully saturated rings. The van der Waals surface area contributed by atoms with Gasteiger partial charge in [0.25, 0.3) is 0 Å². The first-order valence-corrected chi connectivity index (χ1v) is 6.02. The summed E-state index contributed by atoms with van der Waals surface area (Å²) < 4.78 is 37.2. The fourth-order valence-electron chi connectivity index (χ4n) is 2.34. The number of aliphatic hydroxyl groups excluding tert-OH is 1. The molecule has 2 nitrogen and oxygen atoms in total. The molecule has 1 N–H and O–H groups in total. The Morgan fingerprint density at radius 1 is 1.22 bits per heavy atom. The lowest BCUT2D eigenvalue weighted by Gasteiger charge is -2.22. The largest absolute Gasteiger partial charge is 0.416 e. The van der Waals surface area contributed by atoms with Crippen molar-refractivity contribution in [3.63, 3.8) is 0 Å². The maximum absolute atomic E-state index is 12.4. The number of aliphatic hydroxyl groups is 1. The number of rotatable bonds is 3. The van der Waals surface area contributed by atoms with Crippen LogP contribution in [0.25, 0.3) is 0 Å². The third-order valence-electron chi connectivity index (χ3n) is 3.38. The van der Waals surface area contributed by atoms with Gasteiger partial charge in [-0.25, -0.2) is 0 Å². The second-order valence-corrected chi connectivity index (χ2v) is 4.64. The van der Waals surface area contributed by atoms with Crippen molar-refractivity contribution in [2.45, 2.75) is 31.6 Å². The Bertz CT molecular complexity index is 388. The molecule has 0 spiro atoms. The second-order valence-electron chi connectivity index (χ2n) is 4.64. The number of likely N-dealkylation sites (tertiary alicyclic amines) is 1. The van der Waals surface area contributed by atoms with Crippen molar-refractivity contribution >= 4 is 0 Å². The van der Waals surface area contributed by atoms with Gasteiger partial charge in [-0.05, 0) is 37.1 Å². The first-order chi connectivity index (χ1) is 8.50. The van der Waals surface area contributed by atoms with E-state index in [9.17, 15) is 18.3 Å². The number of nitrogens with zero attached hydrogens (tertiary/aromatic N) is 1. The molecule has 0 radical (unpaired) electrons. The van der Waals surface area contributed by atoms with Crippen molar-refractivity contribution in [2.75, 3.05) is 13.2 Å². The van der Waals surface area contributed by atoms with Crippen LogP contribution < -0.4 is 0 Å². The van der Waals surface area contributed by atoms with Crippen molar-refractivity contribution in [3.05, 3.63) is 35.4 Å². The number of hydrogen-bond donors (Lipinski definition) is 1. The van der Waals surface area contributed by atoms with Gasteiger partial charge in [-0.3, -0.25) is 4.90 Å². The normalized spacial score (nSPS) is 21.4. The zero-order valence-corrected chi connectivity index (χ0v) is 9.95. The van der Waals surface area contributed by atoms with E-state index in [1.54, 1.807) is 0 Å². The number of alkyl halides is 3. The Labute approximate surface area is 104 Å². The maximum Gasteiger partial charge on any atom is 0.416 e. The molecule has 1 aromatic rings. The van der Waals surface area contributed by atoms with Gasteiger partial charge in [0.1, 0.15) is 0 Å². The summed E-state index contributed by atoms with van der Waals surface area (Å²) in [5.41, 5.74) is 0.231. The summed E-state index contributed by atoms with van der Waals surface area (Å²) >= 11 is 0. The highest BCUT2D eigenvalue weighted by Gasteiger charge is 2.30. The average Bonchev–Trinajstić information content (AvgIpc) is 2.76. The fourth-order valence-corrected chi connectivity index (χ4v) is 2.34. The van der Waals surface area contributed by atoms with E-state index in [4.69, 9.17) is 0 Å². The van der Waals surface area contributed by atoms with Crippen molar-refractivity contribution in [2.24, 2.45) is 0 Å². The van der Waals surface area contributed by atoms with E-state index in [1.807, 2.05) is 0 Å². The van der Waals surface area contributed by atoms with Gasteiger partial charge in [-0.2, -0.15) is 13.2 Å². The molecule has 2 rings (SSSR count). The highest BCUT2D eigenvalue weighted by Crippen LogP contribution is 2.29. The monoisotopic (exact) mass is 259 g/mol. The van der Waals surface area contributed by atoms with Crippen molar-refractivity contribution in [3.8, 4) is 0 Å². The quantitative estimate of drug-likeness (QED) is 0.902. The Morgan fingerprint density at radius 2 is 1.89 bits per heavy atom. The predicted molar refractivity (Wildman–Crippen MR) is 62.0 cm³/mol. The van der Waals surface area contributed by atoms with Crippen molar-refractivity contribution in [1.82, 2.24) is 4.90 Å². The molecule has 18 heavy (non-hydrogen) atoms. The van der Waals surface area contributed by atoms with E-state index in [0.717, 1.165) is 37.1 Å². The Hall–Kier alpha value is -1.07. The Balaban J connectivity index is 2.02. The molecule has 1 saturated heterocycles. The molecule has 1 aliphatic rings. The Kier molecular flexibility index (Phi) is 3.92. The minimum Gasteiger partial charge on any atom is -0.395 e. The van der Waals surface area contributed by atoms with E-state index >= 15 is 0 Å². The van der Waals surface area contributed by atoms with Crippen LogP contribution in [0.2, 0.25) is 0 Å². The number of halogens is 3. The van der Waals surface area contributed by atoms with E-state index in [-0.39, 0.29) is 12.6 Å². The molecule has 1 aromatic carbocycles. The van der Waals surface area contributed by atoms with E-state index in [0.29, 0.717) is 6.54 Å². The topological polar surface area (TPSA) is 23.5 Å². The zero-order chi connectivity index (χ0) is 13.2. The van der Waals surface area contributed by atoms with Gasteiger partial charge in [0.15, 0.2) is 0 Å². The van der Waals surface area contributed by atoms with Crippen molar-refractivity contribution < 1.29 is 18.3 Å². The predicted octanol–water partition coefficient (Wildman–Crippen LogP) is 2.66. The fraction of sp³-hybridized carbons (Fsp3) is 0.538. The minimum absolute atomic E-state index is 0.112. The van der Waals surface area contributed by atoms with Crippen LogP contribution in [0.15, 0.2) is 24.3 Å². The number of benzene rings is 1. The molecular formula is C13H16F3NO. The highest BCUT2D eigenvalue weighted by molar-refractivity contribution is 5.24. The third kappa shape index (κ3) is 3.03. The summed E-state index contributed by atoms with van der Waals surface area (Å²) in [6, 6.07) is 5.39. The van der Waals surface area contributed by atoms with Gasteiger partial charge in [0, 0.05) is 12.6 Å². The summed E-state index contributed by atoms with van der Waals surface area (Å²) in [5.74, 6) is 0. The molecule has 1 aliphatic heterocycles. The summed E-state index contributed by atoms with van der Waals surface area (Å²) in [6.45, 7) is 1.61. The lowest BCUT2D eigenvalue weighted by molar-refractivity contribution is -0.137. The Morgan fingerprint density at radius 3 is 2.44 bits per heavy atom. The molecule has 0 aromatic heterocycles. The molecule has 0 aliphatic carbocycles. The molecule has 1 unspecified atom stereocenters. The van der Waals surface area contributed by atoms with Crippen LogP contribution in [0.1, 0.15) is 24.0 Å². The van der Waals surface area contributed by atoms with Gasteiger partial charge in [0.05, 0.1) is 12.2 Å². The maximum atomic E-state index is 12.4. The summed E-state index contributed by atoms with van der Waals surface area (Å²) in [5, 5.41) is 9.17. The smallest absolute Gasteiger partial charge is 0.395 e. The van der Waals surface area contributed by atoms with Crippen molar-refractivity contribution in [1.29, 1.82) is 0 Å². The molecular weight excluding hydrogens is 243 g/mol.